The lowest BCUT2D eigenvalue weighted by molar-refractivity contribution is 0.262. The molecule has 9 nitrogen and oxygen atoms in total. The maximum atomic E-state index is 12.4. The topological polar surface area (TPSA) is 103 Å². The maximum Gasteiger partial charge on any atom is 0.323 e. The number of carbonyl (C=O) groups is 1. The number of rotatable bonds is 7. The third kappa shape index (κ3) is 5.44. The Morgan fingerprint density at radius 1 is 0.882 bits per heavy atom. The molecule has 34 heavy (non-hydrogen) atoms. The van der Waals surface area contributed by atoms with E-state index in [4.69, 9.17) is 14.2 Å². The molecule has 0 bridgehead atoms. The Hall–Kier alpha value is -4.53. The van der Waals surface area contributed by atoms with E-state index in [1.54, 1.807) is 48.7 Å². The monoisotopic (exact) mass is 460 g/mol. The van der Waals surface area contributed by atoms with Gasteiger partial charge >= 0.3 is 6.03 Å². The number of pyridine rings is 1. The molecule has 0 unspecified atom stereocenters. The predicted molar refractivity (Wildman–Crippen MR) is 129 cm³/mol. The Bertz CT molecular complexity index is 1360. The number of anilines is 2. The van der Waals surface area contributed by atoms with E-state index in [9.17, 15) is 9.59 Å². The van der Waals surface area contributed by atoms with Gasteiger partial charge in [0, 0.05) is 41.8 Å². The standard InChI is InChI=1S/C25H24N4O5/c1-16-8-9-29-23(10-16)26-19(13-24(29)30)15-34-20-6-4-17(5-7-20)27-25(31)28-18-11-21(32-2)14-22(12-18)33-3/h4-14H,15H2,1-3H3,(H2,27,28,31). The number of urea groups is 1. The normalized spacial score (nSPS) is 10.6. The first-order chi connectivity index (χ1) is 16.4. The number of ether oxygens (including phenoxy) is 3. The summed E-state index contributed by atoms with van der Waals surface area (Å²) in [5.41, 5.74) is 3.07. The number of fused-ring (bicyclic) bond motifs is 1. The molecule has 2 N–H and O–H groups in total. The van der Waals surface area contributed by atoms with Gasteiger partial charge < -0.3 is 24.8 Å². The van der Waals surface area contributed by atoms with Gasteiger partial charge in [-0.3, -0.25) is 9.20 Å². The van der Waals surface area contributed by atoms with Gasteiger partial charge in [-0.2, -0.15) is 0 Å². The third-order valence-electron chi connectivity index (χ3n) is 4.98. The highest BCUT2D eigenvalue weighted by molar-refractivity contribution is 6.00. The number of carbonyl (C=O) groups excluding carboxylic acids is 1. The highest BCUT2D eigenvalue weighted by Crippen LogP contribution is 2.26. The summed E-state index contributed by atoms with van der Waals surface area (Å²) in [5.74, 6) is 1.71. The second kappa shape index (κ2) is 9.95. The molecule has 4 aromatic rings. The SMILES string of the molecule is COc1cc(NC(=O)Nc2ccc(OCc3cc(=O)n4ccc(C)cc4n3)cc2)cc(OC)c1. The highest BCUT2D eigenvalue weighted by atomic mass is 16.5. The number of hydrogen-bond donors (Lipinski definition) is 2. The van der Waals surface area contributed by atoms with Crippen molar-refractivity contribution in [2.24, 2.45) is 0 Å². The zero-order chi connectivity index (χ0) is 24.1. The largest absolute Gasteiger partial charge is 0.497 e. The van der Waals surface area contributed by atoms with Gasteiger partial charge in [-0.05, 0) is 48.9 Å². The van der Waals surface area contributed by atoms with Crippen molar-refractivity contribution < 1.29 is 19.0 Å². The van der Waals surface area contributed by atoms with Crippen molar-refractivity contribution in [2.75, 3.05) is 24.9 Å². The summed E-state index contributed by atoms with van der Waals surface area (Å²) in [4.78, 5) is 29.1. The van der Waals surface area contributed by atoms with Crippen LogP contribution in [0.4, 0.5) is 16.2 Å². The zero-order valence-electron chi connectivity index (χ0n) is 19.0. The second-order valence-electron chi connectivity index (χ2n) is 7.51. The van der Waals surface area contributed by atoms with Crippen LogP contribution in [-0.2, 0) is 6.61 Å². The number of nitrogens with zero attached hydrogens (tertiary/aromatic N) is 2. The minimum absolute atomic E-state index is 0.143. The molecular formula is C25H24N4O5. The molecule has 0 aliphatic rings. The van der Waals surface area contributed by atoms with E-state index in [1.165, 1.54) is 24.7 Å². The fourth-order valence-corrected chi connectivity index (χ4v) is 3.29. The van der Waals surface area contributed by atoms with Crippen LogP contribution in [0, 0.1) is 6.92 Å². The van der Waals surface area contributed by atoms with Crippen molar-refractivity contribution >= 4 is 23.1 Å². The van der Waals surface area contributed by atoms with E-state index in [1.807, 2.05) is 19.1 Å². The van der Waals surface area contributed by atoms with Gasteiger partial charge in [-0.25, -0.2) is 9.78 Å². The molecule has 0 radical (unpaired) electrons. The van der Waals surface area contributed by atoms with Crippen molar-refractivity contribution in [1.29, 1.82) is 0 Å². The maximum absolute atomic E-state index is 12.4. The molecule has 2 heterocycles. The van der Waals surface area contributed by atoms with Crippen molar-refractivity contribution in [3.63, 3.8) is 0 Å². The Balaban J connectivity index is 1.37. The van der Waals surface area contributed by atoms with Crippen LogP contribution in [0.15, 0.2) is 71.7 Å². The molecule has 0 saturated heterocycles. The first kappa shape index (κ1) is 22.7. The predicted octanol–water partition coefficient (Wildman–Crippen LogP) is 4.24. The molecule has 0 aliphatic heterocycles. The van der Waals surface area contributed by atoms with E-state index in [-0.39, 0.29) is 12.2 Å². The van der Waals surface area contributed by atoms with Gasteiger partial charge in [0.15, 0.2) is 0 Å². The van der Waals surface area contributed by atoms with E-state index in [2.05, 4.69) is 15.6 Å². The zero-order valence-corrected chi connectivity index (χ0v) is 19.0. The minimum atomic E-state index is -0.417. The fourth-order valence-electron chi connectivity index (χ4n) is 3.29. The van der Waals surface area contributed by atoms with E-state index >= 15 is 0 Å². The summed E-state index contributed by atoms with van der Waals surface area (Å²) < 4.78 is 17.7. The summed E-state index contributed by atoms with van der Waals surface area (Å²) >= 11 is 0. The van der Waals surface area contributed by atoms with Crippen molar-refractivity contribution in [3.05, 3.63) is 88.5 Å². The summed E-state index contributed by atoms with van der Waals surface area (Å²) in [6, 6.07) is 16.7. The molecular weight excluding hydrogens is 436 g/mol. The Labute approximate surface area is 195 Å². The second-order valence-corrected chi connectivity index (χ2v) is 7.51. The van der Waals surface area contributed by atoms with Crippen LogP contribution in [0.5, 0.6) is 17.2 Å². The number of hydrogen-bond acceptors (Lipinski definition) is 6. The molecule has 0 fully saturated rings. The van der Waals surface area contributed by atoms with Crippen LogP contribution in [0.25, 0.3) is 5.65 Å². The molecule has 0 saturated carbocycles. The van der Waals surface area contributed by atoms with Crippen LogP contribution in [-0.4, -0.2) is 29.6 Å². The highest BCUT2D eigenvalue weighted by Gasteiger charge is 2.08. The fraction of sp³-hybridized carbons (Fsp3) is 0.160. The summed E-state index contributed by atoms with van der Waals surface area (Å²) in [6.07, 6.45) is 1.71. The van der Waals surface area contributed by atoms with Gasteiger partial charge in [0.1, 0.15) is 29.5 Å². The summed E-state index contributed by atoms with van der Waals surface area (Å²) in [5, 5.41) is 5.50. The van der Waals surface area contributed by atoms with E-state index < -0.39 is 6.03 Å². The summed E-state index contributed by atoms with van der Waals surface area (Å²) in [6.45, 7) is 2.09. The van der Waals surface area contributed by atoms with Crippen LogP contribution >= 0.6 is 0 Å². The molecule has 0 atom stereocenters. The minimum Gasteiger partial charge on any atom is -0.497 e. The van der Waals surface area contributed by atoms with E-state index in [0.717, 1.165) is 5.56 Å². The smallest absolute Gasteiger partial charge is 0.323 e. The average molecular weight is 460 g/mol. The Morgan fingerprint density at radius 2 is 1.56 bits per heavy atom. The number of methoxy groups -OCH3 is 2. The first-order valence-electron chi connectivity index (χ1n) is 10.5. The number of aryl methyl sites for hydroxylation is 1. The van der Waals surface area contributed by atoms with Gasteiger partial charge in [-0.1, -0.05) is 0 Å². The quantitative estimate of drug-likeness (QED) is 0.428. The molecule has 174 valence electrons. The van der Waals surface area contributed by atoms with Crippen LogP contribution < -0.4 is 30.4 Å². The van der Waals surface area contributed by atoms with Crippen LogP contribution in [0.1, 0.15) is 11.3 Å². The van der Waals surface area contributed by atoms with Crippen molar-refractivity contribution in [1.82, 2.24) is 9.38 Å². The molecule has 2 aromatic heterocycles. The molecule has 0 spiro atoms. The molecule has 9 heteroatoms. The molecule has 4 rings (SSSR count). The number of aromatic nitrogens is 2. The molecule has 2 aromatic carbocycles. The van der Waals surface area contributed by atoms with E-state index in [0.29, 0.717) is 40.0 Å². The lowest BCUT2D eigenvalue weighted by Crippen LogP contribution is -2.19. The third-order valence-corrected chi connectivity index (χ3v) is 4.98. The summed E-state index contributed by atoms with van der Waals surface area (Å²) in [7, 11) is 3.08. The van der Waals surface area contributed by atoms with Gasteiger partial charge in [0.25, 0.3) is 5.56 Å². The van der Waals surface area contributed by atoms with Crippen molar-refractivity contribution in [3.8, 4) is 17.2 Å². The average Bonchev–Trinajstić information content (AvgIpc) is 2.83. The Kier molecular flexibility index (Phi) is 6.63. The van der Waals surface area contributed by atoms with Gasteiger partial charge in [0.2, 0.25) is 0 Å². The molecule has 2 amide bonds. The lowest BCUT2D eigenvalue weighted by atomic mass is 10.2. The first-order valence-corrected chi connectivity index (χ1v) is 10.5. The number of benzene rings is 2. The van der Waals surface area contributed by atoms with Crippen molar-refractivity contribution in [2.45, 2.75) is 13.5 Å². The molecule has 0 aliphatic carbocycles. The number of amides is 2. The number of nitrogens with one attached hydrogen (secondary N) is 2. The van der Waals surface area contributed by atoms with Gasteiger partial charge in [0.05, 0.1) is 19.9 Å². The van der Waals surface area contributed by atoms with Crippen LogP contribution in [0.2, 0.25) is 0 Å². The Morgan fingerprint density at radius 3 is 2.24 bits per heavy atom. The lowest BCUT2D eigenvalue weighted by Gasteiger charge is -2.11. The van der Waals surface area contributed by atoms with Gasteiger partial charge in [-0.15, -0.1) is 0 Å². The van der Waals surface area contributed by atoms with Crippen LogP contribution in [0.3, 0.4) is 0 Å².